The first-order chi connectivity index (χ1) is 18.3. The Bertz CT molecular complexity index is 1510. The number of amides is 2. The summed E-state index contributed by atoms with van der Waals surface area (Å²) in [6, 6.07) is 30.4. The second kappa shape index (κ2) is 12.0. The van der Waals surface area contributed by atoms with Crippen LogP contribution in [0.4, 0.5) is 0 Å². The van der Waals surface area contributed by atoms with Crippen LogP contribution in [0.3, 0.4) is 0 Å². The Morgan fingerprint density at radius 1 is 0.789 bits per heavy atom. The van der Waals surface area contributed by atoms with Crippen LogP contribution in [0.1, 0.15) is 11.1 Å². The smallest absolute Gasteiger partial charge is 0.243 e. The third-order valence-electron chi connectivity index (χ3n) is 6.50. The minimum atomic E-state index is -3.96. The first-order valence-corrected chi connectivity index (χ1v) is 13.8. The fraction of sp³-hybridized carbons (Fsp3) is 0.200. The van der Waals surface area contributed by atoms with Crippen molar-refractivity contribution >= 4 is 32.6 Å². The van der Waals surface area contributed by atoms with E-state index in [9.17, 15) is 18.0 Å². The number of rotatable bonds is 10. The van der Waals surface area contributed by atoms with Crippen LogP contribution in [0.2, 0.25) is 0 Å². The normalized spacial score (nSPS) is 12.3. The van der Waals surface area contributed by atoms with E-state index < -0.39 is 28.5 Å². The van der Waals surface area contributed by atoms with Crippen LogP contribution in [0, 0.1) is 0 Å². The van der Waals surface area contributed by atoms with Crippen LogP contribution in [0.5, 0.6) is 0 Å². The molecule has 1 atom stereocenters. The summed E-state index contributed by atoms with van der Waals surface area (Å²) in [6.45, 7) is -0.251. The summed E-state index contributed by atoms with van der Waals surface area (Å²) in [7, 11) is -1.04. The topological polar surface area (TPSA) is 86.8 Å². The zero-order valence-corrected chi connectivity index (χ0v) is 22.3. The fourth-order valence-electron chi connectivity index (χ4n) is 4.37. The summed E-state index contributed by atoms with van der Waals surface area (Å²) >= 11 is 0. The Balaban J connectivity index is 1.63. The van der Waals surface area contributed by atoms with Crippen molar-refractivity contribution in [1.82, 2.24) is 14.5 Å². The molecule has 0 saturated carbocycles. The van der Waals surface area contributed by atoms with E-state index in [0.29, 0.717) is 6.42 Å². The van der Waals surface area contributed by atoms with Crippen LogP contribution in [0.15, 0.2) is 108 Å². The lowest BCUT2D eigenvalue weighted by atomic mass is 10.0. The molecule has 0 bridgehead atoms. The highest BCUT2D eigenvalue weighted by Gasteiger charge is 2.32. The van der Waals surface area contributed by atoms with Crippen molar-refractivity contribution in [2.24, 2.45) is 0 Å². The van der Waals surface area contributed by atoms with Crippen LogP contribution in [-0.4, -0.2) is 56.1 Å². The molecule has 0 unspecified atom stereocenters. The van der Waals surface area contributed by atoms with Crippen molar-refractivity contribution < 1.29 is 18.0 Å². The Hall–Kier alpha value is -4.01. The van der Waals surface area contributed by atoms with Crippen LogP contribution >= 0.6 is 0 Å². The number of carbonyl (C=O) groups is 2. The molecular formula is C30H31N3O4S. The van der Waals surface area contributed by atoms with Crippen molar-refractivity contribution in [1.29, 1.82) is 0 Å². The molecule has 0 aliphatic heterocycles. The molecule has 7 nitrogen and oxygen atoms in total. The van der Waals surface area contributed by atoms with Gasteiger partial charge in [0.25, 0.3) is 0 Å². The van der Waals surface area contributed by atoms with Gasteiger partial charge in [0.05, 0.1) is 11.4 Å². The van der Waals surface area contributed by atoms with Gasteiger partial charge in [0, 0.05) is 27.1 Å². The zero-order valence-electron chi connectivity index (χ0n) is 21.4. The molecule has 2 amide bonds. The highest BCUT2D eigenvalue weighted by molar-refractivity contribution is 7.89. The first kappa shape index (κ1) is 27.0. The quantitative estimate of drug-likeness (QED) is 0.338. The van der Waals surface area contributed by atoms with Gasteiger partial charge in [-0.15, -0.1) is 0 Å². The average Bonchev–Trinajstić information content (AvgIpc) is 2.95. The highest BCUT2D eigenvalue weighted by atomic mass is 32.2. The summed E-state index contributed by atoms with van der Waals surface area (Å²) in [6.07, 6.45) is 0.292. The Labute approximate surface area is 223 Å². The number of hydrogen-bond donors (Lipinski definition) is 1. The lowest BCUT2D eigenvalue weighted by Gasteiger charge is -2.32. The van der Waals surface area contributed by atoms with E-state index >= 15 is 0 Å². The van der Waals surface area contributed by atoms with Gasteiger partial charge >= 0.3 is 0 Å². The third-order valence-corrected chi connectivity index (χ3v) is 8.30. The van der Waals surface area contributed by atoms with Gasteiger partial charge in [0.15, 0.2) is 0 Å². The molecule has 0 aliphatic rings. The number of likely N-dealkylation sites (N-methyl/N-ethyl adjacent to an activating group) is 2. The number of fused-ring (bicyclic) bond motifs is 1. The molecule has 196 valence electrons. The summed E-state index contributed by atoms with van der Waals surface area (Å²) in [5, 5.41) is 4.39. The van der Waals surface area contributed by atoms with E-state index in [1.807, 2.05) is 84.9 Å². The van der Waals surface area contributed by atoms with Crippen LogP contribution < -0.4 is 5.32 Å². The van der Waals surface area contributed by atoms with E-state index in [-0.39, 0.29) is 17.3 Å². The lowest BCUT2D eigenvalue weighted by Crippen LogP contribution is -2.52. The molecule has 0 fully saturated rings. The van der Waals surface area contributed by atoms with Crippen LogP contribution in [0.25, 0.3) is 10.8 Å². The standard InChI is InChI=1S/C30H31N3O4S/c1-31-30(35)28(19-23-11-5-3-6-12-23)33(21-24-13-7-4-8-14-24)29(34)22-32(2)38(36,37)27-18-17-25-15-9-10-16-26(25)20-27/h3-18,20,28H,19,21-22H2,1-2H3,(H,31,35)/t28-/m1/s1. The molecule has 0 heterocycles. The van der Waals surface area contributed by atoms with E-state index in [4.69, 9.17) is 0 Å². The Morgan fingerprint density at radius 2 is 1.37 bits per heavy atom. The summed E-state index contributed by atoms with van der Waals surface area (Å²) in [5.41, 5.74) is 1.73. The van der Waals surface area contributed by atoms with E-state index in [1.54, 1.807) is 18.2 Å². The molecule has 0 spiro atoms. The van der Waals surface area contributed by atoms with Gasteiger partial charge in [0.2, 0.25) is 21.8 Å². The molecule has 0 aliphatic carbocycles. The number of benzene rings is 4. The largest absolute Gasteiger partial charge is 0.357 e. The van der Waals surface area contributed by atoms with Gasteiger partial charge in [-0.05, 0) is 34.0 Å². The molecule has 1 N–H and O–H groups in total. The van der Waals surface area contributed by atoms with Gasteiger partial charge < -0.3 is 10.2 Å². The number of carbonyl (C=O) groups excluding carboxylic acids is 2. The minimum Gasteiger partial charge on any atom is -0.357 e. The maximum absolute atomic E-state index is 13.7. The number of nitrogens with zero attached hydrogens (tertiary/aromatic N) is 2. The third kappa shape index (κ3) is 6.27. The number of nitrogens with one attached hydrogen (secondary N) is 1. The fourth-order valence-corrected chi connectivity index (χ4v) is 5.53. The summed E-state index contributed by atoms with van der Waals surface area (Å²) in [5.74, 6) is -0.788. The molecule has 0 radical (unpaired) electrons. The van der Waals surface area contributed by atoms with Gasteiger partial charge in [-0.2, -0.15) is 4.31 Å². The predicted molar refractivity (Wildman–Crippen MR) is 149 cm³/mol. The SMILES string of the molecule is CNC(=O)[C@@H](Cc1ccccc1)N(Cc1ccccc1)C(=O)CN(C)S(=O)(=O)c1ccc2ccccc2c1. The number of sulfonamides is 1. The summed E-state index contributed by atoms with van der Waals surface area (Å²) in [4.78, 5) is 28.4. The van der Waals surface area contributed by atoms with Crippen molar-refractivity contribution in [2.75, 3.05) is 20.6 Å². The van der Waals surface area contributed by atoms with Crippen molar-refractivity contribution in [3.63, 3.8) is 0 Å². The van der Waals surface area contributed by atoms with Crippen molar-refractivity contribution in [3.8, 4) is 0 Å². The van der Waals surface area contributed by atoms with Gasteiger partial charge in [-0.1, -0.05) is 91.0 Å². The average molecular weight is 530 g/mol. The number of hydrogen-bond acceptors (Lipinski definition) is 4. The molecule has 0 saturated heterocycles. The molecule has 38 heavy (non-hydrogen) atoms. The van der Waals surface area contributed by atoms with E-state index in [1.165, 1.54) is 19.0 Å². The molecule has 4 aromatic carbocycles. The van der Waals surface area contributed by atoms with Gasteiger partial charge in [-0.25, -0.2) is 8.42 Å². The Morgan fingerprint density at radius 3 is 2.00 bits per heavy atom. The van der Waals surface area contributed by atoms with Crippen molar-refractivity contribution in [2.45, 2.75) is 23.9 Å². The lowest BCUT2D eigenvalue weighted by molar-refractivity contribution is -0.141. The summed E-state index contributed by atoms with van der Waals surface area (Å²) < 4.78 is 27.9. The minimum absolute atomic E-state index is 0.105. The highest BCUT2D eigenvalue weighted by Crippen LogP contribution is 2.22. The van der Waals surface area contributed by atoms with E-state index in [0.717, 1.165) is 26.2 Å². The Kier molecular flexibility index (Phi) is 8.55. The second-order valence-electron chi connectivity index (χ2n) is 9.10. The second-order valence-corrected chi connectivity index (χ2v) is 11.1. The predicted octanol–water partition coefficient (Wildman–Crippen LogP) is 3.85. The molecule has 4 aromatic rings. The molecular weight excluding hydrogens is 498 g/mol. The maximum Gasteiger partial charge on any atom is 0.243 e. The molecule has 4 rings (SSSR count). The zero-order chi connectivity index (χ0) is 27.1. The van der Waals surface area contributed by atoms with Crippen LogP contribution in [-0.2, 0) is 32.6 Å². The van der Waals surface area contributed by atoms with Crippen molar-refractivity contribution in [3.05, 3.63) is 114 Å². The first-order valence-electron chi connectivity index (χ1n) is 12.3. The van der Waals surface area contributed by atoms with Gasteiger partial charge in [-0.3, -0.25) is 9.59 Å². The molecule has 8 heteroatoms. The van der Waals surface area contributed by atoms with E-state index in [2.05, 4.69) is 5.32 Å². The maximum atomic E-state index is 13.7. The monoisotopic (exact) mass is 529 g/mol. The molecule has 0 aromatic heterocycles. The van der Waals surface area contributed by atoms with Gasteiger partial charge in [0.1, 0.15) is 6.04 Å².